The maximum absolute atomic E-state index is 14.0. The van der Waals surface area contributed by atoms with E-state index in [9.17, 15) is 27.5 Å². The molecule has 0 radical (unpaired) electrons. The minimum atomic E-state index is -4.91. The van der Waals surface area contributed by atoms with Gasteiger partial charge in [0.05, 0.1) is 48.9 Å². The van der Waals surface area contributed by atoms with Crippen LogP contribution in [0.4, 0.5) is 33.9 Å². The summed E-state index contributed by atoms with van der Waals surface area (Å²) in [5.41, 5.74) is -0.733. The molecule has 1 N–H and O–H groups in total. The van der Waals surface area contributed by atoms with Gasteiger partial charge in [0.1, 0.15) is 11.4 Å². The molecule has 14 heteroatoms. The average Bonchev–Trinajstić information content (AvgIpc) is 2.77. The summed E-state index contributed by atoms with van der Waals surface area (Å²) in [6.45, 7) is 0.693. The van der Waals surface area contributed by atoms with Gasteiger partial charge in [-0.3, -0.25) is 4.98 Å². The van der Waals surface area contributed by atoms with Crippen LogP contribution in [0, 0.1) is 17.1 Å². The van der Waals surface area contributed by atoms with Gasteiger partial charge < -0.3 is 19.8 Å². The van der Waals surface area contributed by atoms with Gasteiger partial charge in [-0.05, 0) is 18.0 Å². The molecule has 2 aliphatic heterocycles. The fourth-order valence-electron chi connectivity index (χ4n) is 4.37. The number of halogens is 5. The van der Waals surface area contributed by atoms with Crippen molar-refractivity contribution in [3.05, 3.63) is 40.3 Å². The van der Waals surface area contributed by atoms with E-state index in [2.05, 4.69) is 15.0 Å². The number of anilines is 2. The first-order valence-corrected chi connectivity index (χ1v) is 10.6. The third-order valence-corrected chi connectivity index (χ3v) is 6.04. The Bertz CT molecular complexity index is 1160. The van der Waals surface area contributed by atoms with Crippen LogP contribution in [0.2, 0.25) is 5.28 Å². The molecule has 4 heterocycles. The highest BCUT2D eigenvalue weighted by atomic mass is 35.5. The highest BCUT2D eigenvalue weighted by molar-refractivity contribution is 6.28. The van der Waals surface area contributed by atoms with Gasteiger partial charge in [-0.25, -0.2) is 19.2 Å². The van der Waals surface area contributed by atoms with Crippen LogP contribution in [-0.2, 0) is 19.1 Å². The van der Waals surface area contributed by atoms with Crippen LogP contribution >= 0.6 is 11.6 Å². The molecule has 2 aromatic heterocycles. The Morgan fingerprint density at radius 1 is 1.24 bits per heavy atom. The number of carboxylic acid groups (broad SMARTS) is 1. The number of nitriles is 1. The van der Waals surface area contributed by atoms with E-state index in [1.54, 1.807) is 0 Å². The van der Waals surface area contributed by atoms with Crippen molar-refractivity contribution in [1.29, 1.82) is 5.26 Å². The van der Waals surface area contributed by atoms with E-state index >= 15 is 0 Å². The molecule has 0 unspecified atom stereocenters. The second kappa shape index (κ2) is 9.09. The maximum Gasteiger partial charge on any atom is 0.421 e. The lowest BCUT2D eigenvalue weighted by Gasteiger charge is -2.41. The number of fused-ring (bicyclic) bond motifs is 1. The summed E-state index contributed by atoms with van der Waals surface area (Å²) in [5.74, 6) is -1.01. The Hall–Kier alpha value is -3.40. The molecule has 1 amide bonds. The van der Waals surface area contributed by atoms with Crippen LogP contribution in [0.25, 0.3) is 0 Å². The minimum absolute atomic E-state index is 0.00955. The molecule has 0 saturated carbocycles. The predicted octanol–water partition coefficient (Wildman–Crippen LogP) is 3.33. The molecule has 180 valence electrons. The third kappa shape index (κ3) is 4.50. The van der Waals surface area contributed by atoms with Gasteiger partial charge in [-0.1, -0.05) is 0 Å². The molecule has 1 saturated heterocycles. The molecule has 2 aliphatic rings. The number of nitrogens with zero attached hydrogens (tertiary/aromatic N) is 7. The van der Waals surface area contributed by atoms with Crippen molar-refractivity contribution in [2.75, 3.05) is 36.0 Å². The molecule has 1 atom stereocenters. The number of piperazine rings is 1. The lowest BCUT2D eigenvalue weighted by atomic mass is 10.0. The van der Waals surface area contributed by atoms with Gasteiger partial charge in [0.25, 0.3) is 0 Å². The number of hydrogen-bond donors (Lipinski definition) is 1. The van der Waals surface area contributed by atoms with Crippen molar-refractivity contribution in [3.63, 3.8) is 0 Å². The zero-order valence-corrected chi connectivity index (χ0v) is 18.3. The van der Waals surface area contributed by atoms with Gasteiger partial charge in [-0.15, -0.1) is 0 Å². The van der Waals surface area contributed by atoms with E-state index in [0.717, 1.165) is 6.20 Å². The number of amides is 1. The quantitative estimate of drug-likeness (QED) is 0.506. The monoisotopic (exact) mass is 499 g/mol. The van der Waals surface area contributed by atoms with E-state index in [1.807, 2.05) is 11.0 Å². The molecule has 2 aromatic rings. The van der Waals surface area contributed by atoms with E-state index in [1.165, 1.54) is 9.80 Å². The predicted molar refractivity (Wildman–Crippen MR) is 112 cm³/mol. The first kappa shape index (κ1) is 23.7. The number of hydrogen-bond acceptors (Lipinski definition) is 7. The molecular formula is C20H18ClF4N7O2. The molecule has 0 aromatic carbocycles. The maximum atomic E-state index is 14.0. The Kier molecular flexibility index (Phi) is 6.35. The Balaban J connectivity index is 1.66. The normalized spacial score (nSPS) is 18.5. The van der Waals surface area contributed by atoms with Crippen molar-refractivity contribution in [1.82, 2.24) is 19.9 Å². The van der Waals surface area contributed by atoms with Gasteiger partial charge in [0.15, 0.2) is 5.82 Å². The lowest BCUT2D eigenvalue weighted by molar-refractivity contribution is -0.139. The van der Waals surface area contributed by atoms with E-state index in [0.29, 0.717) is 29.8 Å². The molecule has 1 fully saturated rings. The number of pyridine rings is 1. The van der Waals surface area contributed by atoms with Crippen LogP contribution < -0.4 is 9.80 Å². The summed E-state index contributed by atoms with van der Waals surface area (Å²) in [7, 11) is 0. The SMILES string of the molecule is N#CC[C@H]1CN(c2nc(Cl)nc3c2CCN(c2cncc(F)c2C(F)(F)F)C3)CCN1C(=O)O. The van der Waals surface area contributed by atoms with Crippen LogP contribution in [0.5, 0.6) is 0 Å². The zero-order chi connectivity index (χ0) is 24.6. The van der Waals surface area contributed by atoms with Crippen molar-refractivity contribution in [2.45, 2.75) is 31.6 Å². The Labute approximate surface area is 196 Å². The molecule has 0 aliphatic carbocycles. The minimum Gasteiger partial charge on any atom is -0.465 e. The summed E-state index contributed by atoms with van der Waals surface area (Å²) < 4.78 is 54.5. The average molecular weight is 500 g/mol. The van der Waals surface area contributed by atoms with Gasteiger partial charge in [-0.2, -0.15) is 18.4 Å². The number of aromatic nitrogens is 3. The fourth-order valence-corrected chi connectivity index (χ4v) is 4.56. The zero-order valence-electron chi connectivity index (χ0n) is 17.6. The van der Waals surface area contributed by atoms with Crippen molar-refractivity contribution in [2.24, 2.45) is 0 Å². The van der Waals surface area contributed by atoms with Crippen LogP contribution in [0.15, 0.2) is 12.4 Å². The molecule has 0 bridgehead atoms. The van der Waals surface area contributed by atoms with Gasteiger partial charge >= 0.3 is 12.3 Å². The van der Waals surface area contributed by atoms with Crippen LogP contribution in [0.1, 0.15) is 23.2 Å². The van der Waals surface area contributed by atoms with E-state index in [4.69, 9.17) is 16.9 Å². The third-order valence-electron chi connectivity index (χ3n) is 5.87. The summed E-state index contributed by atoms with van der Waals surface area (Å²) in [5, 5.41) is 18.4. The standard InChI is InChI=1S/C20H18ClF4N7O2/c21-18-28-14-10-30(15-8-27-7-13(22)16(15)20(23,24)25)4-2-12(14)17(29-18)31-5-6-32(19(33)34)11(9-31)1-3-26/h7-8,11H,1-2,4-6,9-10H2,(H,33,34)/t11-/m0/s1. The smallest absolute Gasteiger partial charge is 0.421 e. The first-order chi connectivity index (χ1) is 16.1. The fraction of sp³-hybridized carbons (Fsp3) is 0.450. The summed E-state index contributed by atoms with van der Waals surface area (Å²) in [6, 6.07) is 1.41. The van der Waals surface area contributed by atoms with E-state index < -0.39 is 35.4 Å². The molecule has 0 spiro atoms. The van der Waals surface area contributed by atoms with Gasteiger partial charge in [0, 0.05) is 31.7 Å². The topological polar surface area (TPSA) is 109 Å². The largest absolute Gasteiger partial charge is 0.465 e. The second-order valence-electron chi connectivity index (χ2n) is 7.86. The number of carbonyl (C=O) groups is 1. The molecule has 34 heavy (non-hydrogen) atoms. The van der Waals surface area contributed by atoms with Crippen LogP contribution in [0.3, 0.4) is 0 Å². The van der Waals surface area contributed by atoms with Crippen molar-refractivity contribution in [3.8, 4) is 6.07 Å². The number of rotatable bonds is 3. The Morgan fingerprint density at radius 2 is 2.00 bits per heavy atom. The number of alkyl halides is 3. The first-order valence-electron chi connectivity index (χ1n) is 10.2. The van der Waals surface area contributed by atoms with Crippen molar-refractivity contribution >= 4 is 29.2 Å². The summed E-state index contributed by atoms with van der Waals surface area (Å²) in [4.78, 5) is 27.9. The molecular weight excluding hydrogens is 482 g/mol. The second-order valence-corrected chi connectivity index (χ2v) is 8.20. The van der Waals surface area contributed by atoms with Crippen LogP contribution in [-0.4, -0.2) is 63.3 Å². The van der Waals surface area contributed by atoms with E-state index in [-0.39, 0.29) is 44.3 Å². The summed E-state index contributed by atoms with van der Waals surface area (Å²) >= 11 is 6.12. The molecule has 9 nitrogen and oxygen atoms in total. The van der Waals surface area contributed by atoms with Gasteiger partial charge in [0.2, 0.25) is 5.28 Å². The molecule has 4 rings (SSSR count). The van der Waals surface area contributed by atoms with Crippen molar-refractivity contribution < 1.29 is 27.5 Å². The Morgan fingerprint density at radius 3 is 2.68 bits per heavy atom. The summed E-state index contributed by atoms with van der Waals surface area (Å²) in [6.07, 6.45) is -4.30. The highest BCUT2D eigenvalue weighted by Crippen LogP contribution is 2.40. The lowest BCUT2D eigenvalue weighted by Crippen LogP contribution is -2.55. The highest BCUT2D eigenvalue weighted by Gasteiger charge is 2.40.